The van der Waals surface area contributed by atoms with E-state index in [-0.39, 0.29) is 17.9 Å². The van der Waals surface area contributed by atoms with Crippen LogP contribution in [0.3, 0.4) is 0 Å². The smallest absolute Gasteiger partial charge is 0.423 e. The number of anilines is 2. The molecule has 0 radical (unpaired) electrons. The van der Waals surface area contributed by atoms with Gasteiger partial charge in [0.25, 0.3) is 0 Å². The van der Waals surface area contributed by atoms with Crippen LogP contribution in [0, 0.1) is 3.57 Å². The van der Waals surface area contributed by atoms with E-state index >= 15 is 0 Å². The molecule has 26 heavy (non-hydrogen) atoms. The Hall–Kier alpha value is -1.58. The van der Waals surface area contributed by atoms with Gasteiger partial charge >= 0.3 is 6.18 Å². The maximum Gasteiger partial charge on any atom is 0.423 e. The van der Waals surface area contributed by atoms with Crippen molar-refractivity contribution in [3.63, 3.8) is 0 Å². The van der Waals surface area contributed by atoms with Crippen molar-refractivity contribution in [2.24, 2.45) is 0 Å². The first-order valence-corrected chi connectivity index (χ1v) is 9.52. The second kappa shape index (κ2) is 7.98. The van der Waals surface area contributed by atoms with E-state index in [0.717, 1.165) is 47.6 Å². The predicted molar refractivity (Wildman–Crippen MR) is 102 cm³/mol. The minimum Gasteiger partial charge on any atom is -0.474 e. The van der Waals surface area contributed by atoms with Crippen LogP contribution in [0.2, 0.25) is 0 Å². The molecular formula is C18H19F3IN3O. The van der Waals surface area contributed by atoms with Crippen molar-refractivity contribution in [3.05, 3.63) is 39.6 Å². The summed E-state index contributed by atoms with van der Waals surface area (Å²) in [5.41, 5.74) is -0.136. The number of rotatable bonds is 4. The SMILES string of the molecule is CN(c1cccc(I)c1)c1ncc(C(F)(F)F)c(OC2CCCCC2)n1. The summed E-state index contributed by atoms with van der Waals surface area (Å²) in [6.45, 7) is 0. The summed E-state index contributed by atoms with van der Waals surface area (Å²) in [6, 6.07) is 7.56. The highest BCUT2D eigenvalue weighted by Gasteiger charge is 2.37. The molecule has 2 aromatic rings. The van der Waals surface area contributed by atoms with Gasteiger partial charge in [-0.15, -0.1) is 0 Å². The standard InChI is InChI=1S/C18H19F3IN3O/c1-25(13-7-5-6-12(22)10-13)17-23-11-15(18(19,20)21)16(24-17)26-14-8-3-2-4-9-14/h5-7,10-11,14H,2-4,8-9H2,1H3. The molecule has 1 aliphatic rings. The van der Waals surface area contributed by atoms with Crippen molar-refractivity contribution in [2.75, 3.05) is 11.9 Å². The first-order chi connectivity index (χ1) is 12.3. The van der Waals surface area contributed by atoms with Crippen molar-refractivity contribution in [3.8, 4) is 5.88 Å². The minimum absolute atomic E-state index is 0.172. The van der Waals surface area contributed by atoms with Gasteiger partial charge in [0, 0.05) is 22.5 Å². The van der Waals surface area contributed by atoms with Crippen LogP contribution in [-0.4, -0.2) is 23.1 Å². The molecule has 3 rings (SSSR count). The molecule has 0 spiro atoms. The molecule has 1 aromatic heterocycles. The molecule has 4 nitrogen and oxygen atoms in total. The fourth-order valence-corrected chi connectivity index (χ4v) is 3.47. The van der Waals surface area contributed by atoms with Gasteiger partial charge in [0.15, 0.2) is 0 Å². The summed E-state index contributed by atoms with van der Waals surface area (Å²) < 4.78 is 46.7. The molecule has 0 aliphatic heterocycles. The largest absolute Gasteiger partial charge is 0.474 e. The van der Waals surface area contributed by atoms with Gasteiger partial charge in [-0.2, -0.15) is 18.2 Å². The molecule has 0 unspecified atom stereocenters. The van der Waals surface area contributed by atoms with E-state index in [1.54, 1.807) is 11.9 Å². The zero-order valence-corrected chi connectivity index (χ0v) is 16.4. The van der Waals surface area contributed by atoms with Gasteiger partial charge in [-0.1, -0.05) is 12.5 Å². The molecule has 1 heterocycles. The Balaban J connectivity index is 1.93. The molecule has 140 valence electrons. The molecule has 8 heteroatoms. The second-order valence-corrected chi connectivity index (χ2v) is 7.55. The zero-order chi connectivity index (χ0) is 18.7. The Morgan fingerprint density at radius 3 is 2.58 bits per heavy atom. The lowest BCUT2D eigenvalue weighted by molar-refractivity contribution is -0.140. The van der Waals surface area contributed by atoms with Gasteiger partial charge in [-0.25, -0.2) is 4.98 Å². The van der Waals surface area contributed by atoms with Gasteiger partial charge < -0.3 is 9.64 Å². The highest BCUT2D eigenvalue weighted by Crippen LogP contribution is 2.37. The molecule has 1 aliphatic carbocycles. The number of nitrogens with zero attached hydrogens (tertiary/aromatic N) is 3. The van der Waals surface area contributed by atoms with Crippen LogP contribution in [0.1, 0.15) is 37.7 Å². The van der Waals surface area contributed by atoms with Crippen LogP contribution in [0.4, 0.5) is 24.8 Å². The number of halogens is 4. The number of aromatic nitrogens is 2. The van der Waals surface area contributed by atoms with Crippen LogP contribution < -0.4 is 9.64 Å². The monoisotopic (exact) mass is 477 g/mol. The van der Waals surface area contributed by atoms with Gasteiger partial charge in [0.1, 0.15) is 11.7 Å². The zero-order valence-electron chi connectivity index (χ0n) is 14.3. The fraction of sp³-hybridized carbons (Fsp3) is 0.444. The maximum atomic E-state index is 13.3. The molecule has 0 saturated heterocycles. The first kappa shape index (κ1) is 19.2. The topological polar surface area (TPSA) is 38.2 Å². The highest BCUT2D eigenvalue weighted by molar-refractivity contribution is 14.1. The van der Waals surface area contributed by atoms with Crippen LogP contribution in [0.5, 0.6) is 5.88 Å². The van der Waals surface area contributed by atoms with E-state index in [1.807, 2.05) is 24.3 Å². The Bertz CT molecular complexity index is 764. The molecule has 0 atom stereocenters. The number of ether oxygens (including phenoxy) is 1. The lowest BCUT2D eigenvalue weighted by Gasteiger charge is -2.25. The Labute approximate surface area is 163 Å². The van der Waals surface area contributed by atoms with E-state index in [0.29, 0.717) is 0 Å². The summed E-state index contributed by atoms with van der Waals surface area (Å²) >= 11 is 2.18. The van der Waals surface area contributed by atoms with Gasteiger partial charge in [-0.3, -0.25) is 0 Å². The number of benzene rings is 1. The minimum atomic E-state index is -4.55. The van der Waals surface area contributed by atoms with Crippen molar-refractivity contribution in [1.29, 1.82) is 0 Å². The van der Waals surface area contributed by atoms with Crippen molar-refractivity contribution >= 4 is 34.2 Å². The van der Waals surface area contributed by atoms with E-state index < -0.39 is 11.7 Å². The number of alkyl halides is 3. The van der Waals surface area contributed by atoms with E-state index in [4.69, 9.17) is 4.74 Å². The van der Waals surface area contributed by atoms with Gasteiger partial charge in [0.05, 0.1) is 0 Å². The van der Waals surface area contributed by atoms with Crippen LogP contribution in [-0.2, 0) is 6.18 Å². The summed E-state index contributed by atoms with van der Waals surface area (Å²) in [7, 11) is 1.72. The molecule has 1 aromatic carbocycles. The summed E-state index contributed by atoms with van der Waals surface area (Å²) in [5, 5.41) is 0. The van der Waals surface area contributed by atoms with E-state index in [2.05, 4.69) is 32.6 Å². The van der Waals surface area contributed by atoms with Crippen molar-refractivity contribution in [2.45, 2.75) is 44.4 Å². The average molecular weight is 477 g/mol. The predicted octanol–water partition coefficient (Wildman–Crippen LogP) is 5.58. The third-order valence-corrected chi connectivity index (χ3v) is 5.04. The van der Waals surface area contributed by atoms with Crippen molar-refractivity contribution in [1.82, 2.24) is 9.97 Å². The van der Waals surface area contributed by atoms with Crippen LogP contribution in [0.25, 0.3) is 0 Å². The molecule has 1 saturated carbocycles. The summed E-state index contributed by atoms with van der Waals surface area (Å²) in [5.74, 6) is -0.210. The number of hydrogen-bond acceptors (Lipinski definition) is 4. The van der Waals surface area contributed by atoms with Gasteiger partial charge in [-0.05, 0) is 66.5 Å². The first-order valence-electron chi connectivity index (χ1n) is 8.45. The molecule has 0 N–H and O–H groups in total. The average Bonchev–Trinajstić information content (AvgIpc) is 2.61. The molecule has 0 bridgehead atoms. The maximum absolute atomic E-state index is 13.3. The van der Waals surface area contributed by atoms with Gasteiger partial charge in [0.2, 0.25) is 11.8 Å². The highest BCUT2D eigenvalue weighted by atomic mass is 127. The Kier molecular flexibility index (Phi) is 5.89. The summed E-state index contributed by atoms with van der Waals surface area (Å²) in [6.07, 6.45) is 0.561. The molecular weight excluding hydrogens is 458 g/mol. The van der Waals surface area contributed by atoms with E-state index in [9.17, 15) is 13.2 Å². The Morgan fingerprint density at radius 2 is 1.92 bits per heavy atom. The van der Waals surface area contributed by atoms with Crippen LogP contribution >= 0.6 is 22.6 Å². The second-order valence-electron chi connectivity index (χ2n) is 6.30. The normalized spacial score (nSPS) is 15.7. The van der Waals surface area contributed by atoms with Crippen molar-refractivity contribution < 1.29 is 17.9 Å². The summed E-state index contributed by atoms with van der Waals surface area (Å²) in [4.78, 5) is 9.68. The van der Waals surface area contributed by atoms with E-state index in [1.165, 1.54) is 0 Å². The lowest BCUT2D eigenvalue weighted by atomic mass is 9.98. The molecule has 1 fully saturated rings. The fourth-order valence-electron chi connectivity index (χ4n) is 2.94. The molecule has 0 amide bonds. The Morgan fingerprint density at radius 1 is 1.19 bits per heavy atom. The quantitative estimate of drug-likeness (QED) is 0.540. The lowest BCUT2D eigenvalue weighted by Crippen LogP contribution is -2.23. The third-order valence-electron chi connectivity index (χ3n) is 4.37. The number of hydrogen-bond donors (Lipinski definition) is 0. The third kappa shape index (κ3) is 4.57. The van der Waals surface area contributed by atoms with Crippen LogP contribution in [0.15, 0.2) is 30.5 Å².